The molecule has 6 heteroatoms. The number of hydrogen-bond donors (Lipinski definition) is 1. The van der Waals surface area contributed by atoms with Gasteiger partial charge in [0.15, 0.2) is 0 Å². The van der Waals surface area contributed by atoms with Gasteiger partial charge in [0.25, 0.3) is 0 Å². The number of benzene rings is 1. The summed E-state index contributed by atoms with van der Waals surface area (Å²) in [6.45, 7) is 3.42. The second-order valence-corrected chi connectivity index (χ2v) is 5.06. The summed E-state index contributed by atoms with van der Waals surface area (Å²) in [6, 6.07) is 6.78. The molecule has 0 saturated carbocycles. The Labute approximate surface area is 149 Å². The number of carboxylic acid groups (broad SMARTS) is 1. The zero-order valence-corrected chi connectivity index (χ0v) is 12.2. The predicted molar refractivity (Wildman–Crippen MR) is 85.7 cm³/mol. The van der Waals surface area contributed by atoms with Crippen LogP contribution in [0.1, 0.15) is 21.7 Å². The van der Waals surface area contributed by atoms with Crippen LogP contribution in [0.5, 0.6) is 0 Å². The van der Waals surface area contributed by atoms with Gasteiger partial charge in [0.05, 0.1) is 0 Å². The van der Waals surface area contributed by atoms with Gasteiger partial charge in [0.1, 0.15) is 5.56 Å². The molecule has 0 unspecified atom stereocenters. The summed E-state index contributed by atoms with van der Waals surface area (Å²) in [7, 11) is 1.75. The Balaban J connectivity index is 0.00000220. The Bertz CT molecular complexity index is 751. The number of aromatic nitrogens is 1. The van der Waals surface area contributed by atoms with Gasteiger partial charge in [0.2, 0.25) is 5.43 Å². The number of aromatic carboxylic acids is 1. The third-order valence-electron chi connectivity index (χ3n) is 3.53. The first kappa shape index (κ1) is 18.0. The normalized spacial score (nSPS) is 10.1. The minimum atomic E-state index is -1.21. The van der Waals surface area contributed by atoms with Gasteiger partial charge in [0, 0.05) is 29.0 Å². The topological polar surface area (TPSA) is 59.3 Å². The van der Waals surface area contributed by atoms with Crippen molar-refractivity contribution in [3.63, 3.8) is 0 Å². The number of halogens is 1. The van der Waals surface area contributed by atoms with E-state index in [9.17, 15) is 14.7 Å². The fraction of sp³-hybridized carbons (Fsp3) is 0.200. The molecule has 0 bridgehead atoms. The first-order chi connectivity index (χ1) is 9.34. The third kappa shape index (κ3) is 3.24. The van der Waals surface area contributed by atoms with Crippen LogP contribution < -0.4 is 5.43 Å². The summed E-state index contributed by atoms with van der Waals surface area (Å²) in [4.78, 5) is 23.8. The van der Waals surface area contributed by atoms with Crippen LogP contribution in [0.3, 0.4) is 0 Å². The molecule has 0 radical (unpaired) electrons. The third-order valence-corrected chi connectivity index (χ3v) is 3.78. The van der Waals surface area contributed by atoms with Crippen molar-refractivity contribution < 1.29 is 9.90 Å². The molecule has 21 heavy (non-hydrogen) atoms. The molecule has 106 valence electrons. The molecule has 1 N–H and O–H groups in total. The van der Waals surface area contributed by atoms with Gasteiger partial charge >= 0.3 is 35.5 Å². The quantitative estimate of drug-likeness (QED) is 0.866. The van der Waals surface area contributed by atoms with Crippen molar-refractivity contribution in [3.8, 4) is 11.1 Å². The van der Waals surface area contributed by atoms with E-state index in [1.807, 2.05) is 0 Å². The molecule has 2 rings (SSSR count). The van der Waals surface area contributed by atoms with E-state index in [-0.39, 0.29) is 35.1 Å². The summed E-state index contributed by atoms with van der Waals surface area (Å²) in [5, 5.41) is 9.81. The molecular weight excluding hydrogens is 301 g/mol. The van der Waals surface area contributed by atoms with Gasteiger partial charge in [-0.25, -0.2) is 4.79 Å². The maximum absolute atomic E-state index is 12.5. The number of carboxylic acids is 1. The molecule has 0 atom stereocenters. The van der Waals surface area contributed by atoms with Crippen LogP contribution in [0.25, 0.3) is 11.1 Å². The van der Waals surface area contributed by atoms with Crippen LogP contribution in [-0.2, 0) is 7.05 Å². The maximum atomic E-state index is 12.5. The molecule has 1 heterocycles. The average molecular weight is 316 g/mol. The number of pyridine rings is 1. The van der Waals surface area contributed by atoms with E-state index in [1.54, 1.807) is 49.7 Å². The fourth-order valence-corrected chi connectivity index (χ4v) is 2.37. The number of nitrogens with zero attached hydrogens (tertiary/aromatic N) is 1. The predicted octanol–water partition coefficient (Wildman–Crippen LogP) is 2.37. The Morgan fingerprint density at radius 2 is 1.67 bits per heavy atom. The van der Waals surface area contributed by atoms with Crippen LogP contribution in [-0.4, -0.2) is 45.2 Å². The van der Waals surface area contributed by atoms with Crippen LogP contribution in [0, 0.1) is 13.8 Å². The van der Waals surface area contributed by atoms with E-state index in [4.69, 9.17) is 11.6 Å². The second kappa shape index (κ2) is 6.79. The van der Waals surface area contributed by atoms with Crippen LogP contribution in [0.2, 0.25) is 5.02 Å². The van der Waals surface area contributed by atoms with Crippen molar-refractivity contribution in [2.75, 3.05) is 0 Å². The zero-order valence-electron chi connectivity index (χ0n) is 11.4. The van der Waals surface area contributed by atoms with E-state index in [0.29, 0.717) is 21.8 Å². The van der Waals surface area contributed by atoms with Crippen molar-refractivity contribution >= 4 is 47.1 Å². The van der Waals surface area contributed by atoms with Gasteiger partial charge in [-0.15, -0.1) is 0 Å². The van der Waals surface area contributed by atoms with Gasteiger partial charge in [-0.05, 0) is 31.5 Å². The van der Waals surface area contributed by atoms with E-state index >= 15 is 0 Å². The zero-order chi connectivity index (χ0) is 15.0. The van der Waals surface area contributed by atoms with Crippen molar-refractivity contribution in [3.05, 3.63) is 56.5 Å². The molecule has 1 aromatic carbocycles. The fourth-order valence-electron chi connectivity index (χ4n) is 2.25. The molecular formula is C15H15ClNNaO3. The minimum absolute atomic E-state index is 0. The molecule has 0 fully saturated rings. The van der Waals surface area contributed by atoms with Gasteiger partial charge in [-0.3, -0.25) is 4.79 Å². The van der Waals surface area contributed by atoms with Crippen molar-refractivity contribution in [1.82, 2.24) is 4.57 Å². The van der Waals surface area contributed by atoms with Crippen molar-refractivity contribution in [1.29, 1.82) is 0 Å². The Morgan fingerprint density at radius 3 is 2.14 bits per heavy atom. The molecule has 0 saturated heterocycles. The second-order valence-electron chi connectivity index (χ2n) is 4.62. The first-order valence-electron chi connectivity index (χ1n) is 6.04. The van der Waals surface area contributed by atoms with Gasteiger partial charge in [-0.1, -0.05) is 23.7 Å². The molecule has 0 aliphatic heterocycles. The van der Waals surface area contributed by atoms with Gasteiger partial charge < -0.3 is 9.67 Å². The number of hydrogen-bond acceptors (Lipinski definition) is 2. The first-order valence-corrected chi connectivity index (χ1v) is 6.41. The Hall–Kier alpha value is -1.07. The van der Waals surface area contributed by atoms with Gasteiger partial charge in [-0.2, -0.15) is 0 Å². The number of rotatable bonds is 2. The average Bonchev–Trinajstić information content (AvgIpc) is 2.38. The van der Waals surface area contributed by atoms with E-state index in [1.165, 1.54) is 0 Å². The number of carbonyl (C=O) groups is 1. The van der Waals surface area contributed by atoms with E-state index in [0.717, 1.165) is 5.69 Å². The SMILES string of the molecule is Cc1c(C(=O)O)c(=O)c(-c2ccc(Cl)cc2)c(C)n1C.[NaH]. The van der Waals surface area contributed by atoms with E-state index < -0.39 is 11.4 Å². The summed E-state index contributed by atoms with van der Waals surface area (Å²) in [6.07, 6.45) is 0. The summed E-state index contributed by atoms with van der Waals surface area (Å²) in [5.41, 5.74) is 1.57. The standard InChI is InChI=1S/C15H14ClNO3.Na.H/c1-8-12(10-4-6-11(16)7-5-10)14(18)13(15(19)20)9(2)17(8)3;;/h4-7H,1-3H3,(H,19,20);;. The summed E-state index contributed by atoms with van der Waals surface area (Å²) < 4.78 is 1.72. The molecule has 2 aromatic rings. The molecule has 0 aliphatic rings. The molecule has 0 amide bonds. The molecule has 0 aliphatic carbocycles. The molecule has 4 nitrogen and oxygen atoms in total. The van der Waals surface area contributed by atoms with Crippen LogP contribution in [0.15, 0.2) is 29.1 Å². The molecule has 1 aromatic heterocycles. The Morgan fingerprint density at radius 1 is 1.14 bits per heavy atom. The monoisotopic (exact) mass is 315 g/mol. The Kier molecular flexibility index (Phi) is 5.82. The summed E-state index contributed by atoms with van der Waals surface area (Å²) >= 11 is 5.84. The van der Waals surface area contributed by atoms with Crippen LogP contribution >= 0.6 is 11.6 Å². The van der Waals surface area contributed by atoms with Crippen molar-refractivity contribution in [2.45, 2.75) is 13.8 Å². The molecule has 0 spiro atoms. The summed E-state index contributed by atoms with van der Waals surface area (Å²) in [5.74, 6) is -1.21. The van der Waals surface area contributed by atoms with E-state index in [2.05, 4.69) is 0 Å². The van der Waals surface area contributed by atoms with Crippen LogP contribution in [0.4, 0.5) is 0 Å². The van der Waals surface area contributed by atoms with Crippen molar-refractivity contribution in [2.24, 2.45) is 7.05 Å².